The highest BCUT2D eigenvalue weighted by atomic mass is 79.9. The molecule has 0 radical (unpaired) electrons. The molecule has 16 heavy (non-hydrogen) atoms. The fraction of sp³-hybridized carbons (Fsp3) is 0.0909. The van der Waals surface area contributed by atoms with Crippen LogP contribution in [0.5, 0.6) is 0 Å². The maximum absolute atomic E-state index is 11.4. The lowest BCUT2D eigenvalue weighted by Gasteiger charge is -2.04. The van der Waals surface area contributed by atoms with E-state index in [0.29, 0.717) is 10.9 Å². The molecular weight excluding hydrogens is 288 g/mol. The number of aromatic nitrogens is 2. The van der Waals surface area contributed by atoms with E-state index in [1.165, 1.54) is 17.8 Å². The average Bonchev–Trinajstić information content (AvgIpc) is 2.28. The molecule has 2 aromatic rings. The standard InChI is InChI=1S/C11H9BrN2OS/c1-16-11-13-9(6-10(15)14-11)7-4-2-3-5-8(7)12/h2-6H,1H3,(H,13,14,15). The minimum atomic E-state index is -0.134. The van der Waals surface area contributed by atoms with Gasteiger partial charge in [0.25, 0.3) is 5.56 Å². The van der Waals surface area contributed by atoms with Gasteiger partial charge in [0, 0.05) is 16.1 Å². The number of halogens is 1. The third-order valence-corrected chi connectivity index (χ3v) is 3.33. The molecule has 1 aromatic carbocycles. The summed E-state index contributed by atoms with van der Waals surface area (Å²) in [6.07, 6.45) is 1.88. The summed E-state index contributed by atoms with van der Waals surface area (Å²) >= 11 is 4.86. The van der Waals surface area contributed by atoms with E-state index in [1.54, 1.807) is 0 Å². The summed E-state index contributed by atoms with van der Waals surface area (Å²) in [4.78, 5) is 18.5. The Hall–Kier alpha value is -1.07. The van der Waals surface area contributed by atoms with E-state index in [2.05, 4.69) is 25.9 Å². The number of nitrogens with zero attached hydrogens (tertiary/aromatic N) is 1. The molecular formula is C11H9BrN2OS. The third-order valence-electron chi connectivity index (χ3n) is 2.06. The predicted molar refractivity (Wildman–Crippen MR) is 69.8 cm³/mol. The van der Waals surface area contributed by atoms with E-state index in [9.17, 15) is 4.79 Å². The molecule has 1 N–H and O–H groups in total. The zero-order chi connectivity index (χ0) is 11.5. The highest BCUT2D eigenvalue weighted by Gasteiger charge is 2.06. The Bertz CT molecular complexity index is 568. The molecule has 0 saturated carbocycles. The second-order valence-corrected chi connectivity index (χ2v) is 4.77. The van der Waals surface area contributed by atoms with E-state index in [1.807, 2.05) is 30.5 Å². The summed E-state index contributed by atoms with van der Waals surface area (Å²) in [5.74, 6) is 0. The summed E-state index contributed by atoms with van der Waals surface area (Å²) in [5, 5.41) is 0.623. The Morgan fingerprint density at radius 3 is 2.81 bits per heavy atom. The molecule has 0 saturated heterocycles. The van der Waals surface area contributed by atoms with Gasteiger partial charge in [-0.05, 0) is 12.3 Å². The van der Waals surface area contributed by atoms with Crippen molar-refractivity contribution >= 4 is 27.7 Å². The molecule has 3 nitrogen and oxygen atoms in total. The molecule has 1 heterocycles. The van der Waals surface area contributed by atoms with Crippen LogP contribution in [0.3, 0.4) is 0 Å². The topological polar surface area (TPSA) is 45.8 Å². The summed E-state index contributed by atoms with van der Waals surface area (Å²) < 4.78 is 0.931. The quantitative estimate of drug-likeness (QED) is 0.685. The minimum Gasteiger partial charge on any atom is -0.301 e. The van der Waals surface area contributed by atoms with Crippen LogP contribution < -0.4 is 5.56 Å². The number of nitrogens with one attached hydrogen (secondary N) is 1. The monoisotopic (exact) mass is 296 g/mol. The Morgan fingerprint density at radius 1 is 1.38 bits per heavy atom. The Kier molecular flexibility index (Phi) is 3.46. The number of hydrogen-bond donors (Lipinski definition) is 1. The van der Waals surface area contributed by atoms with Gasteiger partial charge in [0.2, 0.25) is 0 Å². The second kappa shape index (κ2) is 4.84. The molecule has 2 rings (SSSR count). The lowest BCUT2D eigenvalue weighted by atomic mass is 10.1. The molecule has 5 heteroatoms. The maximum atomic E-state index is 11.4. The van der Waals surface area contributed by atoms with Gasteiger partial charge in [-0.15, -0.1) is 0 Å². The summed E-state index contributed by atoms with van der Waals surface area (Å²) in [5.41, 5.74) is 1.47. The van der Waals surface area contributed by atoms with E-state index >= 15 is 0 Å². The first-order valence-electron chi connectivity index (χ1n) is 4.61. The molecule has 0 amide bonds. The van der Waals surface area contributed by atoms with E-state index in [4.69, 9.17) is 0 Å². The van der Waals surface area contributed by atoms with Gasteiger partial charge in [-0.25, -0.2) is 4.98 Å². The van der Waals surface area contributed by atoms with Gasteiger partial charge in [-0.3, -0.25) is 4.79 Å². The molecule has 0 aliphatic rings. The van der Waals surface area contributed by atoms with Gasteiger partial charge in [0.15, 0.2) is 5.16 Å². The zero-order valence-corrected chi connectivity index (χ0v) is 10.9. The van der Waals surface area contributed by atoms with Crippen molar-refractivity contribution in [3.63, 3.8) is 0 Å². The SMILES string of the molecule is CSc1nc(-c2ccccc2Br)cc(=O)[nH]1. The van der Waals surface area contributed by atoms with Crippen LogP contribution in [0.4, 0.5) is 0 Å². The lowest BCUT2D eigenvalue weighted by Crippen LogP contribution is -2.07. The van der Waals surface area contributed by atoms with Crippen LogP contribution in [0, 0.1) is 0 Å². The fourth-order valence-electron chi connectivity index (χ4n) is 1.34. The summed E-state index contributed by atoms with van der Waals surface area (Å²) in [7, 11) is 0. The van der Waals surface area contributed by atoms with Crippen molar-refractivity contribution in [3.05, 3.63) is 45.2 Å². The molecule has 0 unspecified atom stereocenters. The van der Waals surface area contributed by atoms with Gasteiger partial charge < -0.3 is 4.98 Å². The first-order valence-corrected chi connectivity index (χ1v) is 6.63. The molecule has 0 aliphatic heterocycles. The maximum Gasteiger partial charge on any atom is 0.252 e. The van der Waals surface area contributed by atoms with Gasteiger partial charge >= 0.3 is 0 Å². The van der Waals surface area contributed by atoms with Crippen LogP contribution in [0.15, 0.2) is 44.8 Å². The predicted octanol–water partition coefficient (Wildman–Crippen LogP) is 2.92. The Labute approximate surface area is 105 Å². The number of benzene rings is 1. The molecule has 0 bridgehead atoms. The largest absolute Gasteiger partial charge is 0.301 e. The van der Waals surface area contributed by atoms with Gasteiger partial charge in [0.05, 0.1) is 5.69 Å². The first kappa shape index (κ1) is 11.4. The van der Waals surface area contributed by atoms with E-state index in [0.717, 1.165) is 10.0 Å². The smallest absolute Gasteiger partial charge is 0.252 e. The average molecular weight is 297 g/mol. The van der Waals surface area contributed by atoms with Crippen LogP contribution >= 0.6 is 27.7 Å². The first-order chi connectivity index (χ1) is 7.70. The Morgan fingerprint density at radius 2 is 2.12 bits per heavy atom. The molecule has 0 fully saturated rings. The van der Waals surface area contributed by atoms with Gasteiger partial charge in [-0.1, -0.05) is 45.9 Å². The van der Waals surface area contributed by atoms with E-state index < -0.39 is 0 Å². The molecule has 0 aliphatic carbocycles. The normalized spacial score (nSPS) is 10.4. The highest BCUT2D eigenvalue weighted by Crippen LogP contribution is 2.26. The lowest BCUT2D eigenvalue weighted by molar-refractivity contribution is 0.945. The van der Waals surface area contributed by atoms with Crippen LogP contribution in [-0.4, -0.2) is 16.2 Å². The van der Waals surface area contributed by atoms with Crippen molar-refractivity contribution < 1.29 is 0 Å². The number of thioether (sulfide) groups is 1. The van der Waals surface area contributed by atoms with Gasteiger partial charge in [0.1, 0.15) is 0 Å². The summed E-state index contributed by atoms with van der Waals surface area (Å²) in [6.45, 7) is 0. The second-order valence-electron chi connectivity index (χ2n) is 3.12. The van der Waals surface area contributed by atoms with Crippen molar-refractivity contribution in [3.8, 4) is 11.3 Å². The van der Waals surface area contributed by atoms with Crippen molar-refractivity contribution in [1.29, 1.82) is 0 Å². The Balaban J connectivity index is 2.60. The summed E-state index contributed by atoms with van der Waals surface area (Å²) in [6, 6.07) is 9.20. The molecule has 0 atom stereocenters. The van der Waals surface area contributed by atoms with Crippen LogP contribution in [0.25, 0.3) is 11.3 Å². The highest BCUT2D eigenvalue weighted by molar-refractivity contribution is 9.10. The molecule has 0 spiro atoms. The van der Waals surface area contributed by atoms with Crippen molar-refractivity contribution in [1.82, 2.24) is 9.97 Å². The number of aromatic amines is 1. The number of rotatable bonds is 2. The molecule has 1 aromatic heterocycles. The van der Waals surface area contributed by atoms with Crippen LogP contribution in [0.2, 0.25) is 0 Å². The number of H-pyrrole nitrogens is 1. The minimum absolute atomic E-state index is 0.134. The fourth-order valence-corrected chi connectivity index (χ4v) is 2.22. The number of hydrogen-bond acceptors (Lipinski definition) is 3. The van der Waals surface area contributed by atoms with Crippen LogP contribution in [-0.2, 0) is 0 Å². The van der Waals surface area contributed by atoms with Crippen molar-refractivity contribution in [2.24, 2.45) is 0 Å². The third kappa shape index (κ3) is 2.36. The zero-order valence-electron chi connectivity index (χ0n) is 8.53. The van der Waals surface area contributed by atoms with Crippen molar-refractivity contribution in [2.45, 2.75) is 5.16 Å². The molecule has 82 valence electrons. The van der Waals surface area contributed by atoms with Crippen LogP contribution in [0.1, 0.15) is 0 Å². The van der Waals surface area contributed by atoms with Crippen molar-refractivity contribution in [2.75, 3.05) is 6.26 Å². The van der Waals surface area contributed by atoms with Gasteiger partial charge in [-0.2, -0.15) is 0 Å². The van der Waals surface area contributed by atoms with E-state index in [-0.39, 0.29) is 5.56 Å².